The van der Waals surface area contributed by atoms with Crippen molar-refractivity contribution < 1.29 is 9.59 Å². The molecule has 24 heavy (non-hydrogen) atoms. The molecule has 1 fully saturated rings. The highest BCUT2D eigenvalue weighted by Gasteiger charge is 2.42. The fraction of sp³-hybridized carbons (Fsp3) is 0.300. The van der Waals surface area contributed by atoms with E-state index in [2.05, 4.69) is 11.4 Å². The third-order valence-corrected chi connectivity index (χ3v) is 5.19. The largest absolute Gasteiger partial charge is 0.346 e. The molecule has 0 aliphatic carbocycles. The number of hydrogen-bond acceptors (Lipinski definition) is 2. The first kappa shape index (κ1) is 14.9. The molecule has 4 rings (SSSR count). The number of nitrogens with one attached hydrogen (secondary N) is 1. The quantitative estimate of drug-likeness (QED) is 0.877. The summed E-state index contributed by atoms with van der Waals surface area (Å²) in [6.45, 7) is 1.31. The summed E-state index contributed by atoms with van der Waals surface area (Å²) in [5.74, 6) is 0.150. The maximum atomic E-state index is 12.6. The van der Waals surface area contributed by atoms with E-state index in [9.17, 15) is 9.59 Å². The third-order valence-electron chi connectivity index (χ3n) is 5.19. The SMILES string of the molecule is O=C1Cc2ccccc2C2(CCN(C(=O)c3ccccc3)CC2)N1. The third kappa shape index (κ3) is 2.48. The summed E-state index contributed by atoms with van der Waals surface area (Å²) in [5, 5.41) is 3.21. The maximum absolute atomic E-state index is 12.6. The molecule has 2 aliphatic heterocycles. The number of piperidine rings is 1. The van der Waals surface area contributed by atoms with Gasteiger partial charge in [0.05, 0.1) is 12.0 Å². The van der Waals surface area contributed by atoms with Crippen molar-refractivity contribution in [1.82, 2.24) is 10.2 Å². The van der Waals surface area contributed by atoms with Gasteiger partial charge < -0.3 is 10.2 Å². The Morgan fingerprint density at radius 1 is 0.958 bits per heavy atom. The molecule has 0 atom stereocenters. The molecule has 0 saturated carbocycles. The highest BCUT2D eigenvalue weighted by molar-refractivity contribution is 5.94. The Morgan fingerprint density at radius 3 is 2.38 bits per heavy atom. The van der Waals surface area contributed by atoms with Crippen LogP contribution in [0.1, 0.15) is 34.3 Å². The van der Waals surface area contributed by atoms with Crippen LogP contribution in [0.4, 0.5) is 0 Å². The number of carbonyl (C=O) groups excluding carboxylic acids is 2. The predicted octanol–water partition coefficient (Wildman–Crippen LogP) is 2.49. The molecule has 0 aromatic heterocycles. The van der Waals surface area contributed by atoms with E-state index in [1.807, 2.05) is 53.4 Å². The van der Waals surface area contributed by atoms with Crippen molar-refractivity contribution in [3.05, 3.63) is 71.3 Å². The molecule has 2 heterocycles. The zero-order chi connectivity index (χ0) is 16.6. The zero-order valence-electron chi connectivity index (χ0n) is 13.5. The minimum absolute atomic E-state index is 0.0703. The Morgan fingerprint density at radius 2 is 1.62 bits per heavy atom. The lowest BCUT2D eigenvalue weighted by molar-refractivity contribution is -0.124. The number of likely N-dealkylation sites (tertiary alicyclic amines) is 1. The molecule has 2 aromatic carbocycles. The van der Waals surface area contributed by atoms with Crippen molar-refractivity contribution in [2.24, 2.45) is 0 Å². The van der Waals surface area contributed by atoms with Gasteiger partial charge in [-0.2, -0.15) is 0 Å². The summed E-state index contributed by atoms with van der Waals surface area (Å²) in [7, 11) is 0. The van der Waals surface area contributed by atoms with Crippen LogP contribution in [0, 0.1) is 0 Å². The number of fused-ring (bicyclic) bond motifs is 2. The van der Waals surface area contributed by atoms with Gasteiger partial charge in [0.25, 0.3) is 5.91 Å². The normalized spacial score (nSPS) is 18.8. The first-order valence-corrected chi connectivity index (χ1v) is 8.42. The molecule has 2 amide bonds. The van der Waals surface area contributed by atoms with Gasteiger partial charge in [0.15, 0.2) is 0 Å². The van der Waals surface area contributed by atoms with Gasteiger partial charge in [-0.1, -0.05) is 42.5 Å². The van der Waals surface area contributed by atoms with E-state index in [1.54, 1.807) is 0 Å². The minimum atomic E-state index is -0.320. The number of benzene rings is 2. The van der Waals surface area contributed by atoms with Gasteiger partial charge in [-0.05, 0) is 36.1 Å². The zero-order valence-corrected chi connectivity index (χ0v) is 13.5. The molecular weight excluding hydrogens is 300 g/mol. The molecule has 1 spiro atoms. The second kappa shape index (κ2) is 5.78. The summed E-state index contributed by atoms with van der Waals surface area (Å²) in [4.78, 5) is 26.7. The number of rotatable bonds is 1. The van der Waals surface area contributed by atoms with Crippen LogP contribution in [0.2, 0.25) is 0 Å². The van der Waals surface area contributed by atoms with E-state index in [1.165, 1.54) is 5.56 Å². The molecule has 0 bridgehead atoms. The summed E-state index contributed by atoms with van der Waals surface area (Å²) in [6, 6.07) is 17.6. The van der Waals surface area contributed by atoms with E-state index in [4.69, 9.17) is 0 Å². The molecule has 2 aliphatic rings. The van der Waals surface area contributed by atoms with Crippen LogP contribution < -0.4 is 5.32 Å². The first-order chi connectivity index (χ1) is 11.7. The van der Waals surface area contributed by atoms with Gasteiger partial charge in [0.2, 0.25) is 5.91 Å². The Kier molecular flexibility index (Phi) is 3.60. The Balaban J connectivity index is 1.56. The molecule has 4 heteroatoms. The van der Waals surface area contributed by atoms with Crippen LogP contribution in [-0.2, 0) is 16.8 Å². The maximum Gasteiger partial charge on any atom is 0.253 e. The molecule has 2 aromatic rings. The number of carbonyl (C=O) groups is 2. The van der Waals surface area contributed by atoms with Crippen molar-refractivity contribution in [3.8, 4) is 0 Å². The lowest BCUT2D eigenvalue weighted by Crippen LogP contribution is -2.56. The van der Waals surface area contributed by atoms with Crippen molar-refractivity contribution >= 4 is 11.8 Å². The van der Waals surface area contributed by atoms with Gasteiger partial charge in [-0.3, -0.25) is 9.59 Å². The molecular formula is C20H20N2O2. The van der Waals surface area contributed by atoms with Crippen molar-refractivity contribution in [2.75, 3.05) is 13.1 Å². The van der Waals surface area contributed by atoms with Gasteiger partial charge in [-0.25, -0.2) is 0 Å². The second-order valence-corrected chi connectivity index (χ2v) is 6.62. The standard InChI is InChI=1S/C20H20N2O2/c23-18-14-16-8-4-5-9-17(16)20(21-18)10-12-22(13-11-20)19(24)15-6-2-1-3-7-15/h1-9H,10-14H2,(H,21,23). The van der Waals surface area contributed by atoms with Crippen LogP contribution >= 0.6 is 0 Å². The lowest BCUT2D eigenvalue weighted by Gasteiger charge is -2.45. The average molecular weight is 320 g/mol. The second-order valence-electron chi connectivity index (χ2n) is 6.62. The topological polar surface area (TPSA) is 49.4 Å². The molecule has 1 saturated heterocycles. The monoisotopic (exact) mass is 320 g/mol. The van der Waals surface area contributed by atoms with Crippen LogP contribution in [-0.4, -0.2) is 29.8 Å². The Labute approximate surface area is 141 Å². The van der Waals surface area contributed by atoms with Crippen LogP contribution in [0.5, 0.6) is 0 Å². The van der Waals surface area contributed by atoms with Gasteiger partial charge >= 0.3 is 0 Å². The highest BCUT2D eigenvalue weighted by atomic mass is 16.2. The smallest absolute Gasteiger partial charge is 0.253 e. The van der Waals surface area contributed by atoms with E-state index in [0.717, 1.165) is 24.0 Å². The minimum Gasteiger partial charge on any atom is -0.346 e. The summed E-state index contributed by atoms with van der Waals surface area (Å²) >= 11 is 0. The van der Waals surface area contributed by atoms with Gasteiger partial charge in [-0.15, -0.1) is 0 Å². The van der Waals surface area contributed by atoms with Gasteiger partial charge in [0, 0.05) is 18.7 Å². The Hall–Kier alpha value is -2.62. The molecule has 122 valence electrons. The van der Waals surface area contributed by atoms with Crippen LogP contribution in [0.25, 0.3) is 0 Å². The molecule has 0 unspecified atom stereocenters. The summed E-state index contributed by atoms with van der Waals surface area (Å²) < 4.78 is 0. The molecule has 4 nitrogen and oxygen atoms in total. The summed E-state index contributed by atoms with van der Waals surface area (Å²) in [5.41, 5.74) is 2.74. The van der Waals surface area contributed by atoms with Crippen LogP contribution in [0.15, 0.2) is 54.6 Å². The molecule has 1 N–H and O–H groups in total. The van der Waals surface area contributed by atoms with Crippen molar-refractivity contribution in [1.29, 1.82) is 0 Å². The fourth-order valence-electron chi connectivity index (χ4n) is 3.94. The van der Waals surface area contributed by atoms with E-state index in [-0.39, 0.29) is 17.4 Å². The number of hydrogen-bond donors (Lipinski definition) is 1. The average Bonchev–Trinajstić information content (AvgIpc) is 2.62. The lowest BCUT2D eigenvalue weighted by atomic mass is 9.75. The summed E-state index contributed by atoms with van der Waals surface area (Å²) in [6.07, 6.45) is 1.97. The van der Waals surface area contributed by atoms with Crippen molar-refractivity contribution in [2.45, 2.75) is 24.8 Å². The highest BCUT2D eigenvalue weighted by Crippen LogP contribution is 2.38. The molecule has 0 radical (unpaired) electrons. The number of amides is 2. The number of nitrogens with zero attached hydrogens (tertiary/aromatic N) is 1. The first-order valence-electron chi connectivity index (χ1n) is 8.42. The Bertz CT molecular complexity index is 777. The van der Waals surface area contributed by atoms with E-state index >= 15 is 0 Å². The van der Waals surface area contributed by atoms with Gasteiger partial charge in [0.1, 0.15) is 0 Å². The van der Waals surface area contributed by atoms with E-state index < -0.39 is 0 Å². The van der Waals surface area contributed by atoms with E-state index in [0.29, 0.717) is 19.5 Å². The fourth-order valence-corrected chi connectivity index (χ4v) is 3.94. The predicted molar refractivity (Wildman–Crippen MR) is 91.5 cm³/mol. The van der Waals surface area contributed by atoms with Crippen LogP contribution in [0.3, 0.4) is 0 Å². The van der Waals surface area contributed by atoms with Crippen molar-refractivity contribution in [3.63, 3.8) is 0 Å².